The molecule has 0 atom stereocenters. The molecule has 3 aromatic rings. The molecule has 0 bridgehead atoms. The van der Waals surface area contributed by atoms with Crippen molar-refractivity contribution in [1.29, 1.82) is 0 Å². The van der Waals surface area contributed by atoms with E-state index in [1.54, 1.807) is 18.2 Å². The van der Waals surface area contributed by atoms with E-state index in [1.807, 2.05) is 48.5 Å². The number of nitrogens with one attached hydrogen (secondary N) is 1. The first-order chi connectivity index (χ1) is 14.5. The number of hydrazone groups is 1. The van der Waals surface area contributed by atoms with Crippen LogP contribution >= 0.6 is 15.9 Å². The Labute approximate surface area is 181 Å². The highest BCUT2D eigenvalue weighted by atomic mass is 79.9. The second-order valence-electron chi connectivity index (χ2n) is 6.32. The maximum Gasteiger partial charge on any atom is 0.273 e. The number of hydrogen-bond acceptors (Lipinski definition) is 5. The number of nitro benzene ring substituents is 1. The molecule has 8 heteroatoms. The van der Waals surface area contributed by atoms with Gasteiger partial charge in [-0.25, -0.2) is 5.43 Å². The van der Waals surface area contributed by atoms with Crippen LogP contribution in [0.25, 0.3) is 0 Å². The Bertz CT molecular complexity index is 1070. The summed E-state index contributed by atoms with van der Waals surface area (Å²) in [6.07, 6.45) is 1.35. The predicted molar refractivity (Wildman–Crippen MR) is 117 cm³/mol. The number of nitrogens with zero attached hydrogens (tertiary/aromatic N) is 2. The first-order valence-electron chi connectivity index (χ1n) is 9.03. The minimum Gasteiger partial charge on any atom is -0.488 e. The molecule has 1 N–H and O–H groups in total. The molecule has 0 fully saturated rings. The van der Waals surface area contributed by atoms with Gasteiger partial charge in [0.1, 0.15) is 12.4 Å². The molecule has 1 amide bonds. The number of hydrogen-bond donors (Lipinski definition) is 1. The summed E-state index contributed by atoms with van der Waals surface area (Å²) in [4.78, 5) is 22.6. The average Bonchev–Trinajstić information content (AvgIpc) is 2.74. The van der Waals surface area contributed by atoms with Crippen molar-refractivity contribution in [2.45, 2.75) is 13.0 Å². The van der Waals surface area contributed by atoms with E-state index >= 15 is 0 Å². The maximum absolute atomic E-state index is 12.0. The van der Waals surface area contributed by atoms with E-state index in [-0.39, 0.29) is 12.1 Å². The van der Waals surface area contributed by atoms with Crippen LogP contribution in [0.3, 0.4) is 0 Å². The van der Waals surface area contributed by atoms with E-state index < -0.39 is 10.8 Å². The molecule has 0 aromatic heterocycles. The third kappa shape index (κ3) is 5.99. The van der Waals surface area contributed by atoms with Gasteiger partial charge in [-0.15, -0.1) is 0 Å². The van der Waals surface area contributed by atoms with Crippen molar-refractivity contribution in [2.75, 3.05) is 0 Å². The summed E-state index contributed by atoms with van der Waals surface area (Å²) < 4.78 is 6.56. The zero-order chi connectivity index (χ0) is 21.3. The summed E-state index contributed by atoms with van der Waals surface area (Å²) in [6.45, 7) is 0.453. The molecular formula is C22H18BrN3O4. The number of halogens is 1. The molecule has 0 aliphatic rings. The first-order valence-corrected chi connectivity index (χ1v) is 9.82. The summed E-state index contributed by atoms with van der Waals surface area (Å²) in [5.74, 6) is 0.249. The van der Waals surface area contributed by atoms with E-state index in [1.165, 1.54) is 12.3 Å². The average molecular weight is 468 g/mol. The topological polar surface area (TPSA) is 93.8 Å². The molecule has 0 aliphatic heterocycles. The van der Waals surface area contributed by atoms with E-state index in [9.17, 15) is 14.9 Å². The van der Waals surface area contributed by atoms with E-state index in [4.69, 9.17) is 4.74 Å². The molecule has 152 valence electrons. The minimum absolute atomic E-state index is 0.0911. The Balaban J connectivity index is 1.55. The van der Waals surface area contributed by atoms with Crippen molar-refractivity contribution in [3.63, 3.8) is 0 Å². The van der Waals surface area contributed by atoms with Crippen molar-refractivity contribution in [1.82, 2.24) is 5.43 Å². The molecule has 3 aromatic carbocycles. The van der Waals surface area contributed by atoms with Crippen LogP contribution in [-0.2, 0) is 17.8 Å². The fourth-order valence-corrected chi connectivity index (χ4v) is 3.19. The molecule has 0 radical (unpaired) electrons. The highest BCUT2D eigenvalue weighted by molar-refractivity contribution is 9.10. The number of amides is 1. The normalized spacial score (nSPS) is 10.7. The quantitative estimate of drug-likeness (QED) is 0.296. The van der Waals surface area contributed by atoms with Crippen molar-refractivity contribution < 1.29 is 14.5 Å². The molecule has 0 saturated heterocycles. The molecular weight excluding hydrogens is 450 g/mol. The highest BCUT2D eigenvalue weighted by Crippen LogP contribution is 2.26. The molecule has 0 saturated carbocycles. The number of rotatable bonds is 8. The van der Waals surface area contributed by atoms with E-state index in [2.05, 4.69) is 26.5 Å². The van der Waals surface area contributed by atoms with Crippen LogP contribution in [0.5, 0.6) is 5.75 Å². The second-order valence-corrected chi connectivity index (χ2v) is 7.17. The lowest BCUT2D eigenvalue weighted by atomic mass is 10.1. The van der Waals surface area contributed by atoms with Crippen molar-refractivity contribution >= 4 is 33.7 Å². The predicted octanol–water partition coefficient (Wildman–Crippen LogP) is 4.63. The van der Waals surface area contributed by atoms with Gasteiger partial charge in [-0.3, -0.25) is 14.9 Å². The maximum atomic E-state index is 12.0. The van der Waals surface area contributed by atoms with Crippen molar-refractivity contribution in [2.24, 2.45) is 5.10 Å². The summed E-state index contributed by atoms with van der Waals surface area (Å²) in [7, 11) is 0. The van der Waals surface area contributed by atoms with Gasteiger partial charge < -0.3 is 4.74 Å². The Kier molecular flexibility index (Phi) is 7.29. The molecule has 30 heavy (non-hydrogen) atoms. The van der Waals surface area contributed by atoms with Crippen LogP contribution in [0.2, 0.25) is 0 Å². The SMILES string of the molecule is O=C(Cc1ccccc1[N+](=O)[O-])NN=Cc1ccc(OCc2ccccc2)c(Br)c1. The standard InChI is InChI=1S/C22H18BrN3O4/c23-19-12-17(10-11-21(19)30-15-16-6-2-1-3-7-16)14-24-25-22(27)13-18-8-4-5-9-20(18)26(28)29/h1-12,14H,13,15H2,(H,25,27). The summed E-state index contributed by atoms with van der Waals surface area (Å²) in [5, 5.41) is 14.9. The van der Waals surface area contributed by atoms with Crippen LogP contribution in [-0.4, -0.2) is 17.0 Å². The zero-order valence-corrected chi connectivity index (χ0v) is 17.4. The Morgan fingerprint density at radius 2 is 1.83 bits per heavy atom. The Hall–Kier alpha value is -3.52. The minimum atomic E-state index is -0.509. The lowest BCUT2D eigenvalue weighted by molar-refractivity contribution is -0.385. The number of para-hydroxylation sites is 1. The van der Waals surface area contributed by atoms with Crippen molar-refractivity contribution in [3.05, 3.63) is 104 Å². The van der Waals surface area contributed by atoms with E-state index in [0.717, 1.165) is 15.6 Å². The van der Waals surface area contributed by atoms with Crippen molar-refractivity contribution in [3.8, 4) is 5.75 Å². The van der Waals surface area contributed by atoms with Gasteiger partial charge in [-0.2, -0.15) is 5.10 Å². The number of benzene rings is 3. The summed E-state index contributed by atoms with van der Waals surface area (Å²) >= 11 is 3.47. The number of nitro groups is 1. The van der Waals surface area contributed by atoms with Crippen LogP contribution < -0.4 is 10.2 Å². The molecule has 3 rings (SSSR count). The van der Waals surface area contributed by atoms with E-state index in [0.29, 0.717) is 17.9 Å². The van der Waals surface area contributed by atoms with Gasteiger partial charge in [0.25, 0.3) is 5.69 Å². The molecule has 0 heterocycles. The monoisotopic (exact) mass is 467 g/mol. The van der Waals surface area contributed by atoms with Gasteiger partial charge in [0.15, 0.2) is 0 Å². The van der Waals surface area contributed by atoms with Gasteiger partial charge in [0.2, 0.25) is 5.91 Å². The Morgan fingerprint density at radius 1 is 1.10 bits per heavy atom. The van der Waals surface area contributed by atoms with Crippen LogP contribution in [0.4, 0.5) is 5.69 Å². The smallest absolute Gasteiger partial charge is 0.273 e. The van der Waals surface area contributed by atoms with Gasteiger partial charge >= 0.3 is 0 Å². The Morgan fingerprint density at radius 3 is 2.57 bits per heavy atom. The highest BCUT2D eigenvalue weighted by Gasteiger charge is 2.15. The number of carbonyl (C=O) groups excluding carboxylic acids is 1. The zero-order valence-electron chi connectivity index (χ0n) is 15.8. The third-order valence-corrected chi connectivity index (χ3v) is 4.75. The lowest BCUT2D eigenvalue weighted by Gasteiger charge is -2.08. The van der Waals surface area contributed by atoms with Gasteiger partial charge in [-0.1, -0.05) is 48.5 Å². The van der Waals surface area contributed by atoms with Gasteiger partial charge in [0.05, 0.1) is 22.0 Å². The largest absolute Gasteiger partial charge is 0.488 e. The lowest BCUT2D eigenvalue weighted by Crippen LogP contribution is -2.20. The molecule has 0 unspecified atom stereocenters. The van der Waals surface area contributed by atoms with Crippen LogP contribution in [0.1, 0.15) is 16.7 Å². The number of carbonyl (C=O) groups is 1. The third-order valence-electron chi connectivity index (χ3n) is 4.14. The number of ether oxygens (including phenoxy) is 1. The van der Waals surface area contributed by atoms with Gasteiger partial charge in [-0.05, 0) is 45.3 Å². The fraction of sp³-hybridized carbons (Fsp3) is 0.0909. The summed E-state index contributed by atoms with van der Waals surface area (Å²) in [6, 6.07) is 21.4. The first kappa shape index (κ1) is 21.2. The molecule has 0 spiro atoms. The molecule has 7 nitrogen and oxygen atoms in total. The van der Waals surface area contributed by atoms with Crippen LogP contribution in [0, 0.1) is 10.1 Å². The van der Waals surface area contributed by atoms with Crippen LogP contribution in [0.15, 0.2) is 82.4 Å². The summed E-state index contributed by atoms with van der Waals surface area (Å²) in [5.41, 5.74) is 4.44. The molecule has 0 aliphatic carbocycles. The second kappa shape index (κ2) is 10.3. The van der Waals surface area contributed by atoms with Gasteiger partial charge in [0, 0.05) is 11.6 Å². The fourth-order valence-electron chi connectivity index (χ4n) is 2.68.